The van der Waals surface area contributed by atoms with Gasteiger partial charge < -0.3 is 5.32 Å². The smallest absolute Gasteiger partial charge is 0.135 e. The molecule has 0 unspecified atom stereocenters. The fourth-order valence-corrected chi connectivity index (χ4v) is 6.19. The summed E-state index contributed by atoms with van der Waals surface area (Å²) in [6, 6.07) is 15.2. The van der Waals surface area contributed by atoms with Gasteiger partial charge in [-0.25, -0.2) is 4.99 Å². The number of nitrogens with zero attached hydrogens (tertiary/aromatic N) is 1. The van der Waals surface area contributed by atoms with Crippen LogP contribution in [0.5, 0.6) is 0 Å². The molecular weight excluding hydrogens is 344 g/mol. The average molecular weight is 367 g/mol. The van der Waals surface area contributed by atoms with Crippen molar-refractivity contribution in [3.63, 3.8) is 0 Å². The molecule has 25 heavy (non-hydrogen) atoms. The summed E-state index contributed by atoms with van der Waals surface area (Å²) in [5.74, 6) is 0. The fraction of sp³-hybridized carbons (Fsp3) is 0.286. The number of fused-ring (bicyclic) bond motifs is 3. The van der Waals surface area contributed by atoms with Crippen LogP contribution < -0.4 is 9.99 Å². The summed E-state index contributed by atoms with van der Waals surface area (Å²) in [7, 11) is 3.62. The van der Waals surface area contributed by atoms with Crippen LogP contribution in [0, 0.1) is 6.92 Å². The van der Waals surface area contributed by atoms with Crippen LogP contribution >= 0.6 is 20.7 Å². The Balaban J connectivity index is 1.96. The average Bonchev–Trinajstić information content (AvgIpc) is 3.02. The van der Waals surface area contributed by atoms with Crippen LogP contribution in [0.25, 0.3) is 11.1 Å². The quantitative estimate of drug-likeness (QED) is 0.533. The van der Waals surface area contributed by atoms with Gasteiger partial charge in [0.05, 0.1) is 16.1 Å². The van der Waals surface area contributed by atoms with Gasteiger partial charge in [-0.05, 0) is 57.0 Å². The molecule has 2 aromatic carbocycles. The van der Waals surface area contributed by atoms with Gasteiger partial charge in [-0.15, -0.1) is 0 Å². The molecule has 0 fully saturated rings. The van der Waals surface area contributed by atoms with Crippen LogP contribution in [0.3, 0.4) is 0 Å². The van der Waals surface area contributed by atoms with Crippen molar-refractivity contribution in [1.82, 2.24) is 0 Å². The summed E-state index contributed by atoms with van der Waals surface area (Å²) < 4.78 is 1.12. The van der Waals surface area contributed by atoms with E-state index in [1.54, 1.807) is 10.3 Å². The highest BCUT2D eigenvalue weighted by molar-refractivity contribution is 7.68. The first kappa shape index (κ1) is 16.6. The highest BCUT2D eigenvalue weighted by Crippen LogP contribution is 2.45. The molecule has 1 aromatic heterocycles. The van der Waals surface area contributed by atoms with Gasteiger partial charge in [0.1, 0.15) is 4.67 Å². The second-order valence-electron chi connectivity index (χ2n) is 7.11. The Morgan fingerprint density at radius 1 is 1.04 bits per heavy atom. The first-order valence-corrected chi connectivity index (χ1v) is 10.8. The van der Waals surface area contributed by atoms with E-state index in [0.717, 1.165) is 16.8 Å². The molecule has 2 nitrogen and oxygen atoms in total. The number of anilines is 1. The lowest BCUT2D eigenvalue weighted by atomic mass is 9.89. The Labute approximate surface area is 156 Å². The predicted molar refractivity (Wildman–Crippen MR) is 110 cm³/mol. The predicted octanol–water partition coefficient (Wildman–Crippen LogP) is 6.24. The zero-order valence-electron chi connectivity index (χ0n) is 15.0. The normalized spacial score (nSPS) is 15.4. The first-order chi connectivity index (χ1) is 12.0. The maximum Gasteiger partial charge on any atom is 0.135 e. The van der Waals surface area contributed by atoms with E-state index < -0.39 is 0 Å². The van der Waals surface area contributed by atoms with Gasteiger partial charge in [-0.2, -0.15) is 0 Å². The summed E-state index contributed by atoms with van der Waals surface area (Å²) >= 11 is 0. The minimum absolute atomic E-state index is 0.0712. The monoisotopic (exact) mass is 366 g/mol. The third-order valence-corrected chi connectivity index (χ3v) is 7.33. The number of nitrogens with one attached hydrogen (secondary N) is 1. The van der Waals surface area contributed by atoms with Crippen LogP contribution in [0.4, 0.5) is 11.4 Å². The van der Waals surface area contributed by atoms with E-state index in [2.05, 4.69) is 75.5 Å². The number of aryl methyl sites for hydroxylation is 2. The molecule has 0 saturated heterocycles. The van der Waals surface area contributed by atoms with Crippen LogP contribution in [0.2, 0.25) is 0 Å². The zero-order valence-corrected chi connectivity index (χ0v) is 16.6. The number of benzene rings is 2. The molecule has 1 aliphatic rings. The third-order valence-electron chi connectivity index (χ3n) is 4.69. The van der Waals surface area contributed by atoms with E-state index in [1.165, 1.54) is 32.8 Å². The summed E-state index contributed by atoms with van der Waals surface area (Å²) in [5, 5.41) is 3.70. The first-order valence-electron chi connectivity index (χ1n) is 8.64. The second-order valence-corrected chi connectivity index (χ2v) is 9.24. The van der Waals surface area contributed by atoms with E-state index in [4.69, 9.17) is 4.99 Å². The molecule has 0 amide bonds. The Bertz CT molecular complexity index is 991. The SMILES string of the molecule is CCc1ccc2c(c1)-c1c(ssc1=Nc1ccc(C)cc1)C(C)(C)N2. The van der Waals surface area contributed by atoms with Crippen molar-refractivity contribution in [3.05, 3.63) is 63.1 Å². The molecule has 1 N–H and O–H groups in total. The van der Waals surface area contributed by atoms with Gasteiger partial charge in [0.25, 0.3) is 0 Å². The van der Waals surface area contributed by atoms with Crippen molar-refractivity contribution >= 4 is 32.1 Å². The molecule has 4 rings (SSSR count). The molecule has 0 aliphatic carbocycles. The maximum atomic E-state index is 4.98. The Morgan fingerprint density at radius 2 is 1.80 bits per heavy atom. The highest BCUT2D eigenvalue weighted by atomic mass is 32.9. The molecule has 1 aliphatic heterocycles. The molecule has 0 saturated carbocycles. The maximum absolute atomic E-state index is 4.98. The molecule has 0 spiro atoms. The van der Waals surface area contributed by atoms with Crippen LogP contribution in [0.1, 0.15) is 36.8 Å². The summed E-state index contributed by atoms with van der Waals surface area (Å²) in [5.41, 5.74) is 7.38. The number of hydrogen-bond acceptors (Lipinski definition) is 4. The van der Waals surface area contributed by atoms with Crippen molar-refractivity contribution in [1.29, 1.82) is 0 Å². The molecule has 3 aromatic rings. The minimum Gasteiger partial charge on any atom is -0.375 e. The van der Waals surface area contributed by atoms with Crippen LogP contribution in [0.15, 0.2) is 47.5 Å². The lowest BCUT2D eigenvalue weighted by Crippen LogP contribution is -2.31. The van der Waals surface area contributed by atoms with Gasteiger partial charge in [0, 0.05) is 16.8 Å². The van der Waals surface area contributed by atoms with Crippen molar-refractivity contribution < 1.29 is 0 Å². The van der Waals surface area contributed by atoms with E-state index in [9.17, 15) is 0 Å². The van der Waals surface area contributed by atoms with E-state index in [1.807, 2.05) is 10.3 Å². The molecule has 0 bridgehead atoms. The Morgan fingerprint density at radius 3 is 2.52 bits per heavy atom. The summed E-state index contributed by atoms with van der Waals surface area (Å²) in [6.45, 7) is 8.81. The molecule has 0 atom stereocenters. The minimum atomic E-state index is -0.0712. The summed E-state index contributed by atoms with van der Waals surface area (Å²) in [4.78, 5) is 6.36. The zero-order chi connectivity index (χ0) is 17.6. The Kier molecular flexibility index (Phi) is 4.05. The van der Waals surface area contributed by atoms with Crippen molar-refractivity contribution in [2.75, 3.05) is 5.32 Å². The molecular formula is C21H22N2S2. The number of rotatable bonds is 2. The van der Waals surface area contributed by atoms with Gasteiger partial charge in [0.15, 0.2) is 0 Å². The lowest BCUT2D eigenvalue weighted by molar-refractivity contribution is 0.619. The second kappa shape index (κ2) is 6.11. The van der Waals surface area contributed by atoms with Gasteiger partial charge in [-0.1, -0.05) is 51.4 Å². The van der Waals surface area contributed by atoms with E-state index >= 15 is 0 Å². The largest absolute Gasteiger partial charge is 0.375 e. The topological polar surface area (TPSA) is 24.4 Å². The van der Waals surface area contributed by atoms with Gasteiger partial charge in [-0.3, -0.25) is 0 Å². The standard InChI is InChI=1S/C21H22N2S2/c1-5-14-8-11-17-16(12-14)18-19(21(3,4)23-17)24-25-20(18)22-15-9-6-13(2)7-10-15/h6-12,23H,5H2,1-4H3. The summed E-state index contributed by atoms with van der Waals surface area (Å²) in [6.07, 6.45) is 1.05. The molecule has 128 valence electrons. The molecule has 2 heterocycles. The van der Waals surface area contributed by atoms with Gasteiger partial charge >= 0.3 is 0 Å². The van der Waals surface area contributed by atoms with Crippen LogP contribution in [-0.2, 0) is 12.0 Å². The van der Waals surface area contributed by atoms with Gasteiger partial charge in [0.2, 0.25) is 0 Å². The van der Waals surface area contributed by atoms with Crippen LogP contribution in [-0.4, -0.2) is 0 Å². The molecule has 0 radical (unpaired) electrons. The van der Waals surface area contributed by atoms with Crippen molar-refractivity contribution in [2.24, 2.45) is 4.99 Å². The fourth-order valence-electron chi connectivity index (χ4n) is 3.25. The molecule has 4 heteroatoms. The lowest BCUT2D eigenvalue weighted by Gasteiger charge is -2.33. The van der Waals surface area contributed by atoms with E-state index in [0.29, 0.717) is 0 Å². The Hall–Kier alpha value is -1.91. The van der Waals surface area contributed by atoms with Crippen molar-refractivity contribution in [3.8, 4) is 11.1 Å². The van der Waals surface area contributed by atoms with E-state index in [-0.39, 0.29) is 5.54 Å². The highest BCUT2D eigenvalue weighted by Gasteiger charge is 2.33. The van der Waals surface area contributed by atoms with Crippen molar-refractivity contribution in [2.45, 2.75) is 39.7 Å². The third kappa shape index (κ3) is 2.94. The number of hydrogen-bond donors (Lipinski definition) is 1.